The van der Waals surface area contributed by atoms with Crippen molar-refractivity contribution in [2.45, 2.75) is 59.2 Å². The minimum Gasteiger partial charge on any atom is -0.331 e. The maximum Gasteiger partial charge on any atom is 0.254 e. The Balaban J connectivity index is 1.49. The summed E-state index contributed by atoms with van der Waals surface area (Å²) >= 11 is 0. The van der Waals surface area contributed by atoms with Crippen LogP contribution < -0.4 is 0 Å². The molecule has 0 bridgehead atoms. The Labute approximate surface area is 161 Å². The SMILES string of the molecule is Cc1ccc(C(=O)N2CCCn3c(CN4CCCCC4)nnc3C2)cc1C. The molecule has 2 aliphatic heterocycles. The first-order valence-corrected chi connectivity index (χ1v) is 10.1. The number of hydrogen-bond acceptors (Lipinski definition) is 4. The molecular weight excluding hydrogens is 338 g/mol. The van der Waals surface area contributed by atoms with Crippen LogP contribution in [0.15, 0.2) is 18.2 Å². The second-order valence-electron chi connectivity index (χ2n) is 7.90. The number of nitrogens with zero attached hydrogens (tertiary/aromatic N) is 5. The van der Waals surface area contributed by atoms with Crippen LogP contribution in [0.2, 0.25) is 0 Å². The monoisotopic (exact) mass is 367 g/mol. The molecule has 1 amide bonds. The van der Waals surface area contributed by atoms with Gasteiger partial charge in [-0.3, -0.25) is 9.69 Å². The zero-order chi connectivity index (χ0) is 18.8. The van der Waals surface area contributed by atoms with E-state index in [1.54, 1.807) is 0 Å². The molecule has 1 aromatic heterocycles. The van der Waals surface area contributed by atoms with Gasteiger partial charge in [0.25, 0.3) is 5.91 Å². The Hall–Kier alpha value is -2.21. The molecule has 1 fully saturated rings. The van der Waals surface area contributed by atoms with Crippen molar-refractivity contribution in [3.05, 3.63) is 46.5 Å². The highest BCUT2D eigenvalue weighted by Crippen LogP contribution is 2.19. The molecule has 6 nitrogen and oxygen atoms in total. The van der Waals surface area contributed by atoms with Gasteiger partial charge in [-0.15, -0.1) is 10.2 Å². The third kappa shape index (κ3) is 3.90. The molecule has 27 heavy (non-hydrogen) atoms. The minimum absolute atomic E-state index is 0.0899. The van der Waals surface area contributed by atoms with Gasteiger partial charge in [-0.1, -0.05) is 12.5 Å². The lowest BCUT2D eigenvalue weighted by Gasteiger charge is -2.25. The minimum atomic E-state index is 0.0899. The Morgan fingerprint density at radius 1 is 0.963 bits per heavy atom. The van der Waals surface area contributed by atoms with Crippen LogP contribution in [0, 0.1) is 13.8 Å². The Kier molecular flexibility index (Phi) is 5.25. The third-order valence-corrected chi connectivity index (χ3v) is 5.90. The molecule has 0 radical (unpaired) electrons. The van der Waals surface area contributed by atoms with Gasteiger partial charge in [-0.25, -0.2) is 0 Å². The lowest BCUT2D eigenvalue weighted by atomic mass is 10.1. The van der Waals surface area contributed by atoms with Crippen molar-refractivity contribution < 1.29 is 4.79 Å². The van der Waals surface area contributed by atoms with E-state index in [2.05, 4.69) is 33.5 Å². The van der Waals surface area contributed by atoms with E-state index in [4.69, 9.17) is 0 Å². The van der Waals surface area contributed by atoms with Crippen LogP contribution in [0.25, 0.3) is 0 Å². The largest absolute Gasteiger partial charge is 0.331 e. The fourth-order valence-corrected chi connectivity index (χ4v) is 4.08. The van der Waals surface area contributed by atoms with Gasteiger partial charge < -0.3 is 9.47 Å². The van der Waals surface area contributed by atoms with Crippen LogP contribution in [0.1, 0.15) is 58.8 Å². The third-order valence-electron chi connectivity index (χ3n) is 5.90. The molecule has 0 saturated carbocycles. The number of rotatable bonds is 3. The van der Waals surface area contributed by atoms with E-state index >= 15 is 0 Å². The zero-order valence-electron chi connectivity index (χ0n) is 16.4. The summed E-state index contributed by atoms with van der Waals surface area (Å²) < 4.78 is 2.24. The number of aromatic nitrogens is 3. The van der Waals surface area contributed by atoms with E-state index in [9.17, 15) is 4.79 Å². The van der Waals surface area contributed by atoms with Crippen molar-refractivity contribution in [1.82, 2.24) is 24.6 Å². The van der Waals surface area contributed by atoms with E-state index < -0.39 is 0 Å². The number of benzene rings is 1. The van der Waals surface area contributed by atoms with Crippen LogP contribution in [-0.4, -0.2) is 50.1 Å². The molecule has 3 heterocycles. The van der Waals surface area contributed by atoms with Crippen molar-refractivity contribution in [2.24, 2.45) is 0 Å². The summed E-state index contributed by atoms with van der Waals surface area (Å²) in [6, 6.07) is 5.96. The lowest BCUT2D eigenvalue weighted by Crippen LogP contribution is -2.31. The van der Waals surface area contributed by atoms with Crippen molar-refractivity contribution in [2.75, 3.05) is 19.6 Å². The number of likely N-dealkylation sites (tertiary alicyclic amines) is 1. The van der Waals surface area contributed by atoms with Gasteiger partial charge in [-0.05, 0) is 69.5 Å². The molecule has 0 unspecified atom stereocenters. The van der Waals surface area contributed by atoms with Gasteiger partial charge in [0.05, 0.1) is 13.1 Å². The fraction of sp³-hybridized carbons (Fsp3) is 0.571. The number of carbonyl (C=O) groups is 1. The van der Waals surface area contributed by atoms with Gasteiger partial charge in [0.15, 0.2) is 5.82 Å². The van der Waals surface area contributed by atoms with Crippen molar-refractivity contribution in [1.29, 1.82) is 0 Å². The van der Waals surface area contributed by atoms with Gasteiger partial charge in [0, 0.05) is 18.7 Å². The van der Waals surface area contributed by atoms with E-state index in [0.29, 0.717) is 6.54 Å². The van der Waals surface area contributed by atoms with Gasteiger partial charge in [0.1, 0.15) is 5.82 Å². The molecule has 0 atom stereocenters. The number of fused-ring (bicyclic) bond motifs is 1. The normalized spacial score (nSPS) is 18.2. The quantitative estimate of drug-likeness (QED) is 0.837. The van der Waals surface area contributed by atoms with Gasteiger partial charge >= 0.3 is 0 Å². The summed E-state index contributed by atoms with van der Waals surface area (Å²) in [4.78, 5) is 17.4. The Morgan fingerprint density at radius 3 is 2.56 bits per heavy atom. The molecule has 4 rings (SSSR count). The maximum absolute atomic E-state index is 13.0. The number of amides is 1. The molecule has 2 aliphatic rings. The molecule has 1 aromatic carbocycles. The first-order chi connectivity index (χ1) is 13.1. The number of piperidine rings is 1. The predicted octanol–water partition coefficient (Wildman–Crippen LogP) is 2.93. The lowest BCUT2D eigenvalue weighted by molar-refractivity contribution is 0.0743. The van der Waals surface area contributed by atoms with Crippen LogP contribution in [-0.2, 0) is 19.6 Å². The maximum atomic E-state index is 13.0. The van der Waals surface area contributed by atoms with Crippen LogP contribution >= 0.6 is 0 Å². The average molecular weight is 367 g/mol. The molecule has 0 spiro atoms. The number of aryl methyl sites for hydroxylation is 2. The van der Waals surface area contributed by atoms with Crippen molar-refractivity contribution in [3.63, 3.8) is 0 Å². The summed E-state index contributed by atoms with van der Waals surface area (Å²) in [6.07, 6.45) is 4.83. The van der Waals surface area contributed by atoms with E-state index in [1.807, 2.05) is 23.1 Å². The van der Waals surface area contributed by atoms with Gasteiger partial charge in [0.2, 0.25) is 0 Å². The van der Waals surface area contributed by atoms with E-state index in [1.165, 1.54) is 24.8 Å². The average Bonchev–Trinajstić information content (AvgIpc) is 2.92. The summed E-state index contributed by atoms with van der Waals surface area (Å²) in [5.41, 5.74) is 3.13. The first kappa shape index (κ1) is 18.2. The zero-order valence-corrected chi connectivity index (χ0v) is 16.4. The molecule has 0 aliphatic carbocycles. The first-order valence-electron chi connectivity index (χ1n) is 10.1. The van der Waals surface area contributed by atoms with Crippen LogP contribution in [0.5, 0.6) is 0 Å². The highest BCUT2D eigenvalue weighted by atomic mass is 16.2. The summed E-state index contributed by atoms with van der Waals surface area (Å²) in [7, 11) is 0. The Bertz CT molecular complexity index is 822. The van der Waals surface area contributed by atoms with Crippen LogP contribution in [0.3, 0.4) is 0 Å². The molecular formula is C21H29N5O. The van der Waals surface area contributed by atoms with E-state index in [0.717, 1.165) is 61.9 Å². The smallest absolute Gasteiger partial charge is 0.254 e. The van der Waals surface area contributed by atoms with Crippen LogP contribution in [0.4, 0.5) is 0 Å². The fourth-order valence-electron chi connectivity index (χ4n) is 4.08. The molecule has 1 saturated heterocycles. The number of hydrogen-bond donors (Lipinski definition) is 0. The second-order valence-corrected chi connectivity index (χ2v) is 7.90. The summed E-state index contributed by atoms with van der Waals surface area (Å²) in [6.45, 7) is 9.50. The molecule has 0 N–H and O–H groups in total. The summed E-state index contributed by atoms with van der Waals surface area (Å²) in [5.74, 6) is 2.05. The van der Waals surface area contributed by atoms with Crippen molar-refractivity contribution >= 4 is 5.91 Å². The van der Waals surface area contributed by atoms with Gasteiger partial charge in [-0.2, -0.15) is 0 Å². The molecule has 144 valence electrons. The predicted molar refractivity (Wildman–Crippen MR) is 104 cm³/mol. The highest BCUT2D eigenvalue weighted by Gasteiger charge is 2.24. The number of carbonyl (C=O) groups excluding carboxylic acids is 1. The van der Waals surface area contributed by atoms with E-state index in [-0.39, 0.29) is 5.91 Å². The topological polar surface area (TPSA) is 54.3 Å². The summed E-state index contributed by atoms with van der Waals surface area (Å²) in [5, 5.41) is 8.89. The standard InChI is InChI=1S/C21H29N5O/c1-16-7-8-18(13-17(16)2)21(27)25-11-6-12-26-19(22-23-20(26)15-25)14-24-9-4-3-5-10-24/h7-8,13H,3-6,9-12,14-15H2,1-2H3. The Morgan fingerprint density at radius 2 is 1.78 bits per heavy atom. The molecule has 2 aromatic rings. The van der Waals surface area contributed by atoms with Crippen molar-refractivity contribution in [3.8, 4) is 0 Å². The molecule has 6 heteroatoms. The highest BCUT2D eigenvalue weighted by molar-refractivity contribution is 5.94. The second kappa shape index (κ2) is 7.80.